The Hall–Kier alpha value is -2.67. The lowest BCUT2D eigenvalue weighted by atomic mass is 10.1. The van der Waals surface area contributed by atoms with Crippen LogP contribution in [0.4, 0.5) is 5.69 Å². The van der Waals surface area contributed by atoms with Crippen LogP contribution in [0, 0.1) is 12.8 Å². The molecule has 6 nitrogen and oxygen atoms in total. The molecule has 136 valence electrons. The summed E-state index contributed by atoms with van der Waals surface area (Å²) in [6.45, 7) is 6.10. The molecule has 0 spiro atoms. The maximum absolute atomic E-state index is 12.2. The molecule has 0 aliphatic carbocycles. The zero-order valence-electron chi connectivity index (χ0n) is 15.0. The van der Waals surface area contributed by atoms with Gasteiger partial charge in [0.15, 0.2) is 4.96 Å². The maximum Gasteiger partial charge on any atom is 0.259 e. The third kappa shape index (κ3) is 4.29. The highest BCUT2D eigenvalue weighted by Gasteiger charge is 2.08. The molecule has 0 saturated carbocycles. The fraction of sp³-hybridized carbons (Fsp3) is 0.316. The molecule has 0 saturated heterocycles. The number of aryl methyl sites for hydroxylation is 1. The lowest BCUT2D eigenvalue weighted by molar-refractivity contribution is -0.116. The molecule has 3 aromatic rings. The summed E-state index contributed by atoms with van der Waals surface area (Å²) in [7, 11) is 0. The average Bonchev–Trinajstić information content (AvgIpc) is 2.95. The summed E-state index contributed by atoms with van der Waals surface area (Å²) in [5.41, 5.74) is 2.10. The Morgan fingerprint density at radius 2 is 2.04 bits per heavy atom. The lowest BCUT2D eigenvalue weighted by Crippen LogP contribution is -2.16. The molecule has 1 N–H and O–H groups in total. The zero-order chi connectivity index (χ0) is 18.7. The van der Waals surface area contributed by atoms with E-state index in [4.69, 9.17) is 4.74 Å². The van der Waals surface area contributed by atoms with Crippen LogP contribution in [0.15, 0.2) is 40.5 Å². The number of benzene rings is 1. The topological polar surface area (TPSA) is 72.7 Å². The van der Waals surface area contributed by atoms with Crippen LogP contribution < -0.4 is 15.6 Å². The van der Waals surface area contributed by atoms with E-state index in [2.05, 4.69) is 10.3 Å². The second-order valence-electron chi connectivity index (χ2n) is 6.54. The molecule has 3 rings (SSSR count). The van der Waals surface area contributed by atoms with Gasteiger partial charge in [0.2, 0.25) is 5.91 Å². The number of thiazole rings is 1. The van der Waals surface area contributed by atoms with Gasteiger partial charge in [-0.25, -0.2) is 4.98 Å². The minimum absolute atomic E-state index is 0.00196. The fourth-order valence-electron chi connectivity index (χ4n) is 2.55. The van der Waals surface area contributed by atoms with Gasteiger partial charge in [-0.1, -0.05) is 13.8 Å². The number of nitrogens with zero attached hydrogens (tertiary/aromatic N) is 2. The largest absolute Gasteiger partial charge is 0.487 e. The minimum Gasteiger partial charge on any atom is -0.487 e. The molecule has 0 unspecified atom stereocenters. The van der Waals surface area contributed by atoms with Gasteiger partial charge in [-0.3, -0.25) is 14.0 Å². The van der Waals surface area contributed by atoms with E-state index in [1.807, 2.05) is 26.2 Å². The Kier molecular flexibility index (Phi) is 5.37. The van der Waals surface area contributed by atoms with Gasteiger partial charge in [0.25, 0.3) is 5.56 Å². The SMILES string of the molecule is Cc1csc2nc(COc3ccc(NC(=O)CC(C)C)cc3)cc(=O)n12. The first-order valence-electron chi connectivity index (χ1n) is 8.42. The van der Waals surface area contributed by atoms with Gasteiger partial charge in [0, 0.05) is 29.2 Å². The van der Waals surface area contributed by atoms with Gasteiger partial charge in [0.1, 0.15) is 12.4 Å². The molecule has 0 radical (unpaired) electrons. The Balaban J connectivity index is 1.63. The van der Waals surface area contributed by atoms with Crippen molar-refractivity contribution in [2.75, 3.05) is 5.32 Å². The first kappa shape index (κ1) is 18.1. The summed E-state index contributed by atoms with van der Waals surface area (Å²) in [5.74, 6) is 0.966. The van der Waals surface area contributed by atoms with E-state index in [0.717, 1.165) is 11.4 Å². The number of carbonyl (C=O) groups is 1. The van der Waals surface area contributed by atoms with Gasteiger partial charge < -0.3 is 10.1 Å². The van der Waals surface area contributed by atoms with Crippen molar-refractivity contribution in [3.8, 4) is 5.75 Å². The van der Waals surface area contributed by atoms with E-state index >= 15 is 0 Å². The molecule has 0 aliphatic heterocycles. The Bertz CT molecular complexity index is 974. The summed E-state index contributed by atoms with van der Waals surface area (Å²) in [4.78, 5) is 29.0. The van der Waals surface area contributed by atoms with Gasteiger partial charge >= 0.3 is 0 Å². The number of fused-ring (bicyclic) bond motifs is 1. The second-order valence-corrected chi connectivity index (χ2v) is 7.38. The van der Waals surface area contributed by atoms with E-state index < -0.39 is 0 Å². The first-order chi connectivity index (χ1) is 12.4. The van der Waals surface area contributed by atoms with Gasteiger partial charge in [-0.2, -0.15) is 0 Å². The Labute approximate surface area is 155 Å². The van der Waals surface area contributed by atoms with E-state index in [9.17, 15) is 9.59 Å². The average molecular weight is 371 g/mol. The highest BCUT2D eigenvalue weighted by molar-refractivity contribution is 7.15. The molecule has 7 heteroatoms. The number of nitrogens with one attached hydrogen (secondary N) is 1. The summed E-state index contributed by atoms with van der Waals surface area (Å²) in [5, 5.41) is 4.76. The number of ether oxygens (including phenoxy) is 1. The van der Waals surface area contributed by atoms with Crippen molar-refractivity contribution in [3.05, 3.63) is 57.5 Å². The Morgan fingerprint density at radius 1 is 1.31 bits per heavy atom. The van der Waals surface area contributed by atoms with Gasteiger partial charge in [0.05, 0.1) is 5.69 Å². The maximum atomic E-state index is 12.2. The van der Waals surface area contributed by atoms with Crippen molar-refractivity contribution >= 4 is 27.9 Å². The van der Waals surface area contributed by atoms with E-state index in [1.165, 1.54) is 17.4 Å². The van der Waals surface area contributed by atoms with Crippen molar-refractivity contribution in [3.63, 3.8) is 0 Å². The van der Waals surface area contributed by atoms with Crippen molar-refractivity contribution in [1.29, 1.82) is 0 Å². The van der Waals surface area contributed by atoms with Crippen LogP contribution in [0.2, 0.25) is 0 Å². The molecule has 0 bridgehead atoms. The zero-order valence-corrected chi connectivity index (χ0v) is 15.8. The van der Waals surface area contributed by atoms with Crippen molar-refractivity contribution < 1.29 is 9.53 Å². The van der Waals surface area contributed by atoms with Crippen LogP contribution in [-0.2, 0) is 11.4 Å². The molecule has 0 aliphatic rings. The van der Waals surface area contributed by atoms with Crippen LogP contribution in [-0.4, -0.2) is 15.3 Å². The summed E-state index contributed by atoms with van der Waals surface area (Å²) in [6, 6.07) is 8.65. The number of carbonyl (C=O) groups excluding carboxylic acids is 1. The molecular formula is C19H21N3O3S. The smallest absolute Gasteiger partial charge is 0.259 e. The van der Waals surface area contributed by atoms with E-state index in [1.54, 1.807) is 28.7 Å². The van der Waals surface area contributed by atoms with Crippen molar-refractivity contribution in [2.24, 2.45) is 5.92 Å². The van der Waals surface area contributed by atoms with E-state index in [-0.39, 0.29) is 18.1 Å². The van der Waals surface area contributed by atoms with E-state index in [0.29, 0.717) is 28.7 Å². The monoisotopic (exact) mass is 371 g/mol. The minimum atomic E-state index is -0.101. The number of anilines is 1. The van der Waals surface area contributed by atoms with Crippen LogP contribution in [0.3, 0.4) is 0 Å². The normalized spacial score (nSPS) is 11.1. The molecule has 2 aromatic heterocycles. The van der Waals surface area contributed by atoms with Crippen LogP contribution in [0.1, 0.15) is 31.7 Å². The van der Waals surface area contributed by atoms with Crippen LogP contribution in [0.5, 0.6) is 5.75 Å². The molecule has 26 heavy (non-hydrogen) atoms. The summed E-state index contributed by atoms with van der Waals surface area (Å²) >= 11 is 1.43. The number of amides is 1. The van der Waals surface area contributed by atoms with Gasteiger partial charge in [-0.05, 0) is 37.1 Å². The molecule has 0 atom stereocenters. The highest BCUT2D eigenvalue weighted by atomic mass is 32.1. The second kappa shape index (κ2) is 7.70. The highest BCUT2D eigenvalue weighted by Crippen LogP contribution is 2.18. The number of aromatic nitrogens is 2. The standard InChI is InChI=1S/C19H21N3O3S/c1-12(2)8-17(23)20-14-4-6-16(7-5-14)25-10-15-9-18(24)22-13(3)11-26-19(22)21-15/h4-7,9,11-12H,8,10H2,1-3H3,(H,20,23). The van der Waals surface area contributed by atoms with Crippen molar-refractivity contribution in [1.82, 2.24) is 9.38 Å². The van der Waals surface area contributed by atoms with Crippen molar-refractivity contribution in [2.45, 2.75) is 33.8 Å². The summed E-state index contributed by atoms with van der Waals surface area (Å²) in [6.07, 6.45) is 0.490. The third-order valence-electron chi connectivity index (χ3n) is 3.75. The molecule has 1 aromatic carbocycles. The molecule has 0 fully saturated rings. The molecule has 1 amide bonds. The fourth-order valence-corrected chi connectivity index (χ4v) is 3.44. The first-order valence-corrected chi connectivity index (χ1v) is 9.30. The van der Waals surface area contributed by atoms with Crippen LogP contribution in [0.25, 0.3) is 4.96 Å². The number of hydrogen-bond donors (Lipinski definition) is 1. The Morgan fingerprint density at radius 3 is 2.73 bits per heavy atom. The third-order valence-corrected chi connectivity index (χ3v) is 4.69. The lowest BCUT2D eigenvalue weighted by Gasteiger charge is -2.09. The number of hydrogen-bond acceptors (Lipinski definition) is 5. The number of rotatable bonds is 6. The molecular weight excluding hydrogens is 350 g/mol. The summed E-state index contributed by atoms with van der Waals surface area (Å²) < 4.78 is 7.29. The van der Waals surface area contributed by atoms with Crippen LogP contribution >= 0.6 is 11.3 Å². The van der Waals surface area contributed by atoms with Gasteiger partial charge in [-0.15, -0.1) is 11.3 Å². The molecule has 2 heterocycles. The predicted molar refractivity (Wildman–Crippen MR) is 103 cm³/mol. The quantitative estimate of drug-likeness (QED) is 0.718. The predicted octanol–water partition coefficient (Wildman–Crippen LogP) is 3.63.